The van der Waals surface area contributed by atoms with Gasteiger partial charge in [-0.2, -0.15) is 0 Å². The molecule has 4 rings (SSSR count). The number of piperidine rings is 1. The summed E-state index contributed by atoms with van der Waals surface area (Å²) in [6.07, 6.45) is 5.85. The normalized spacial score (nSPS) is 19.3. The molecule has 1 aromatic carbocycles. The Morgan fingerprint density at radius 1 is 1.13 bits per heavy atom. The number of carbonyl (C=O) groups is 3. The molecule has 0 radical (unpaired) electrons. The highest BCUT2D eigenvalue weighted by atomic mass is 16.2. The summed E-state index contributed by atoms with van der Waals surface area (Å²) in [7, 11) is 0. The van der Waals surface area contributed by atoms with Gasteiger partial charge in [-0.3, -0.25) is 14.4 Å². The van der Waals surface area contributed by atoms with Crippen LogP contribution >= 0.6 is 0 Å². The largest absolute Gasteiger partial charge is 0.352 e. The van der Waals surface area contributed by atoms with E-state index in [2.05, 4.69) is 10.6 Å². The van der Waals surface area contributed by atoms with Crippen molar-refractivity contribution in [2.75, 3.05) is 39.3 Å². The smallest absolute Gasteiger partial charge is 0.254 e. The molecule has 0 aliphatic carbocycles. The first-order chi connectivity index (χ1) is 14.6. The molecule has 0 saturated carbocycles. The SMILES string of the molecule is O=C(NCCC(=O)N1CCCC1)c1ccc2c(c1)C(=O)N(CCC1CCNCC1)C2. The van der Waals surface area contributed by atoms with Gasteiger partial charge < -0.3 is 20.4 Å². The monoisotopic (exact) mass is 412 g/mol. The van der Waals surface area contributed by atoms with Gasteiger partial charge in [-0.1, -0.05) is 6.07 Å². The van der Waals surface area contributed by atoms with Gasteiger partial charge in [-0.25, -0.2) is 0 Å². The molecule has 30 heavy (non-hydrogen) atoms. The number of benzene rings is 1. The fourth-order valence-electron chi connectivity index (χ4n) is 4.70. The fourth-order valence-corrected chi connectivity index (χ4v) is 4.70. The lowest BCUT2D eigenvalue weighted by Crippen LogP contribution is -2.32. The molecule has 1 aromatic rings. The molecule has 7 nitrogen and oxygen atoms in total. The number of nitrogens with zero attached hydrogens (tertiary/aromatic N) is 2. The molecular weight excluding hydrogens is 380 g/mol. The van der Waals surface area contributed by atoms with Crippen molar-refractivity contribution in [3.8, 4) is 0 Å². The van der Waals surface area contributed by atoms with Gasteiger partial charge in [0.2, 0.25) is 5.91 Å². The maximum atomic E-state index is 12.8. The molecule has 2 saturated heterocycles. The second-order valence-electron chi connectivity index (χ2n) is 8.67. The van der Waals surface area contributed by atoms with E-state index in [-0.39, 0.29) is 17.7 Å². The van der Waals surface area contributed by atoms with Crippen molar-refractivity contribution in [1.29, 1.82) is 0 Å². The van der Waals surface area contributed by atoms with Gasteiger partial charge in [0, 0.05) is 50.3 Å². The van der Waals surface area contributed by atoms with Gasteiger partial charge in [0.1, 0.15) is 0 Å². The topological polar surface area (TPSA) is 81.8 Å². The number of likely N-dealkylation sites (tertiary alicyclic amines) is 1. The minimum Gasteiger partial charge on any atom is -0.352 e. The molecule has 0 unspecified atom stereocenters. The third-order valence-electron chi connectivity index (χ3n) is 6.60. The maximum absolute atomic E-state index is 12.8. The summed E-state index contributed by atoms with van der Waals surface area (Å²) in [4.78, 5) is 41.2. The predicted octanol–water partition coefficient (Wildman–Crippen LogP) is 1.77. The quantitative estimate of drug-likeness (QED) is 0.715. The Kier molecular flexibility index (Phi) is 6.67. The number of amides is 3. The highest BCUT2D eigenvalue weighted by Crippen LogP contribution is 2.26. The molecule has 3 amide bonds. The maximum Gasteiger partial charge on any atom is 0.254 e. The summed E-state index contributed by atoms with van der Waals surface area (Å²) in [6.45, 7) is 5.52. The van der Waals surface area contributed by atoms with E-state index in [4.69, 9.17) is 0 Å². The summed E-state index contributed by atoms with van der Waals surface area (Å²) in [6, 6.07) is 5.38. The summed E-state index contributed by atoms with van der Waals surface area (Å²) in [5.41, 5.74) is 2.11. The number of fused-ring (bicyclic) bond motifs is 1. The minimum atomic E-state index is -0.229. The minimum absolute atomic E-state index is 0.0257. The van der Waals surface area contributed by atoms with Crippen LogP contribution in [0, 0.1) is 5.92 Å². The van der Waals surface area contributed by atoms with Crippen LogP contribution < -0.4 is 10.6 Å². The van der Waals surface area contributed by atoms with E-state index in [1.807, 2.05) is 15.9 Å². The van der Waals surface area contributed by atoms with E-state index in [0.717, 1.165) is 57.5 Å². The first-order valence-corrected chi connectivity index (χ1v) is 11.3. The van der Waals surface area contributed by atoms with Crippen LogP contribution in [0.15, 0.2) is 18.2 Å². The average molecular weight is 413 g/mol. The van der Waals surface area contributed by atoms with Gasteiger partial charge in [-0.05, 0) is 68.8 Å². The molecule has 0 atom stereocenters. The van der Waals surface area contributed by atoms with Crippen molar-refractivity contribution < 1.29 is 14.4 Å². The molecule has 0 spiro atoms. The number of carbonyl (C=O) groups excluding carboxylic acids is 3. The summed E-state index contributed by atoms with van der Waals surface area (Å²) in [5, 5.41) is 6.20. The Hall–Kier alpha value is -2.41. The summed E-state index contributed by atoms with van der Waals surface area (Å²) in [5.74, 6) is 0.583. The molecule has 3 heterocycles. The predicted molar refractivity (Wildman–Crippen MR) is 114 cm³/mol. The summed E-state index contributed by atoms with van der Waals surface area (Å²) < 4.78 is 0. The van der Waals surface area contributed by atoms with Crippen LogP contribution in [0.3, 0.4) is 0 Å². The molecule has 3 aliphatic heterocycles. The average Bonchev–Trinajstić information content (AvgIpc) is 3.41. The van der Waals surface area contributed by atoms with E-state index >= 15 is 0 Å². The van der Waals surface area contributed by atoms with Crippen LogP contribution in [0.2, 0.25) is 0 Å². The number of nitrogens with one attached hydrogen (secondary N) is 2. The van der Waals surface area contributed by atoms with Crippen LogP contribution in [0.25, 0.3) is 0 Å². The zero-order valence-corrected chi connectivity index (χ0v) is 17.6. The second-order valence-corrected chi connectivity index (χ2v) is 8.67. The van der Waals surface area contributed by atoms with Crippen LogP contribution in [0.4, 0.5) is 0 Å². The van der Waals surface area contributed by atoms with E-state index < -0.39 is 0 Å². The third kappa shape index (κ3) is 4.83. The molecule has 0 bridgehead atoms. The van der Waals surface area contributed by atoms with E-state index in [1.54, 1.807) is 12.1 Å². The lowest BCUT2D eigenvalue weighted by atomic mass is 9.94. The first kappa shape index (κ1) is 20.8. The molecule has 7 heteroatoms. The van der Waals surface area contributed by atoms with Crippen LogP contribution in [0.1, 0.15) is 64.8 Å². The van der Waals surface area contributed by atoms with Crippen molar-refractivity contribution in [2.24, 2.45) is 5.92 Å². The van der Waals surface area contributed by atoms with Gasteiger partial charge in [0.25, 0.3) is 11.8 Å². The van der Waals surface area contributed by atoms with E-state index in [9.17, 15) is 14.4 Å². The molecule has 162 valence electrons. The third-order valence-corrected chi connectivity index (χ3v) is 6.60. The Morgan fingerprint density at radius 3 is 2.67 bits per heavy atom. The van der Waals surface area contributed by atoms with Crippen molar-refractivity contribution in [1.82, 2.24) is 20.4 Å². The van der Waals surface area contributed by atoms with Gasteiger partial charge in [-0.15, -0.1) is 0 Å². The Bertz CT molecular complexity index is 798. The lowest BCUT2D eigenvalue weighted by Gasteiger charge is -2.25. The molecule has 3 aliphatic rings. The highest BCUT2D eigenvalue weighted by molar-refractivity contribution is 6.02. The molecule has 0 aromatic heterocycles. The second kappa shape index (κ2) is 9.60. The molecule has 2 fully saturated rings. The van der Waals surface area contributed by atoms with Crippen LogP contribution in [0.5, 0.6) is 0 Å². The van der Waals surface area contributed by atoms with Crippen LogP contribution in [-0.4, -0.2) is 66.8 Å². The van der Waals surface area contributed by atoms with Crippen LogP contribution in [-0.2, 0) is 11.3 Å². The van der Waals surface area contributed by atoms with Gasteiger partial charge in [0.05, 0.1) is 0 Å². The fraction of sp³-hybridized carbons (Fsp3) is 0.609. The van der Waals surface area contributed by atoms with E-state index in [0.29, 0.717) is 36.6 Å². The Labute approximate surface area is 178 Å². The zero-order chi connectivity index (χ0) is 20.9. The standard InChI is InChI=1S/C23H32N4O3/c28-21(26-12-1-2-13-26)7-11-25-22(29)18-3-4-19-16-27(23(30)20(19)15-18)14-8-17-5-9-24-10-6-17/h3-4,15,17,24H,1-2,5-14,16H2,(H,25,29). The van der Waals surface area contributed by atoms with Gasteiger partial charge >= 0.3 is 0 Å². The zero-order valence-electron chi connectivity index (χ0n) is 17.6. The summed E-state index contributed by atoms with van der Waals surface area (Å²) >= 11 is 0. The molecule has 2 N–H and O–H groups in total. The number of rotatable bonds is 7. The van der Waals surface area contributed by atoms with Crippen molar-refractivity contribution in [3.63, 3.8) is 0 Å². The Balaban J connectivity index is 1.27. The van der Waals surface area contributed by atoms with E-state index in [1.165, 1.54) is 12.8 Å². The molecular formula is C23H32N4O3. The van der Waals surface area contributed by atoms with Crippen molar-refractivity contribution in [3.05, 3.63) is 34.9 Å². The van der Waals surface area contributed by atoms with Crippen molar-refractivity contribution in [2.45, 2.75) is 45.1 Å². The highest BCUT2D eigenvalue weighted by Gasteiger charge is 2.29. The number of hydrogen-bond acceptors (Lipinski definition) is 4. The lowest BCUT2D eigenvalue weighted by molar-refractivity contribution is -0.129. The van der Waals surface area contributed by atoms with Crippen molar-refractivity contribution >= 4 is 17.7 Å². The first-order valence-electron chi connectivity index (χ1n) is 11.3. The van der Waals surface area contributed by atoms with Gasteiger partial charge in [0.15, 0.2) is 0 Å². The number of hydrogen-bond donors (Lipinski definition) is 2. The Morgan fingerprint density at radius 2 is 1.90 bits per heavy atom.